The molecule has 0 aliphatic carbocycles. The van der Waals surface area contributed by atoms with Crippen LogP contribution >= 0.6 is 11.6 Å². The highest BCUT2D eigenvalue weighted by molar-refractivity contribution is 6.35. The second kappa shape index (κ2) is 3.40. The molecule has 1 aromatic carbocycles. The Morgan fingerprint density at radius 1 is 1.38 bits per heavy atom. The first-order chi connectivity index (χ1) is 6.31. The smallest absolute Gasteiger partial charge is 0.0649 e. The minimum atomic E-state index is 0.659. The summed E-state index contributed by atoms with van der Waals surface area (Å²) in [7, 11) is 0. The Labute approximate surface area is 81.7 Å². The highest BCUT2D eigenvalue weighted by atomic mass is 35.5. The molecule has 0 amide bonds. The van der Waals surface area contributed by atoms with Gasteiger partial charge in [-0.15, -0.1) is 0 Å². The van der Waals surface area contributed by atoms with E-state index >= 15 is 0 Å². The Balaban J connectivity index is 2.56. The third kappa shape index (κ3) is 1.55. The summed E-state index contributed by atoms with van der Waals surface area (Å²) in [4.78, 5) is 3.09. The summed E-state index contributed by atoms with van der Waals surface area (Å²) in [6, 6.07) is 6.10. The van der Waals surface area contributed by atoms with E-state index in [1.54, 1.807) is 0 Å². The molecule has 0 unspecified atom stereocenters. The van der Waals surface area contributed by atoms with E-state index in [2.05, 4.69) is 11.1 Å². The number of rotatable bonds is 2. The summed E-state index contributed by atoms with van der Waals surface area (Å²) >= 11 is 6.07. The van der Waals surface area contributed by atoms with Crippen LogP contribution in [0.25, 0.3) is 10.9 Å². The minimum absolute atomic E-state index is 0.659. The quantitative estimate of drug-likeness (QED) is 0.757. The van der Waals surface area contributed by atoms with E-state index in [1.165, 1.54) is 5.56 Å². The zero-order valence-electron chi connectivity index (χ0n) is 7.18. The van der Waals surface area contributed by atoms with E-state index in [4.69, 9.17) is 17.3 Å². The third-order valence-electron chi connectivity index (χ3n) is 2.10. The van der Waals surface area contributed by atoms with Crippen molar-refractivity contribution < 1.29 is 0 Å². The number of aromatic nitrogens is 1. The Bertz CT molecular complexity index is 420. The van der Waals surface area contributed by atoms with Crippen LogP contribution in [0.5, 0.6) is 0 Å². The topological polar surface area (TPSA) is 41.8 Å². The van der Waals surface area contributed by atoms with Crippen molar-refractivity contribution in [3.63, 3.8) is 0 Å². The van der Waals surface area contributed by atoms with Gasteiger partial charge in [-0.05, 0) is 36.7 Å². The van der Waals surface area contributed by atoms with Crippen LogP contribution < -0.4 is 5.73 Å². The third-order valence-corrected chi connectivity index (χ3v) is 2.40. The largest absolute Gasteiger partial charge is 0.360 e. The second-order valence-electron chi connectivity index (χ2n) is 3.06. The van der Waals surface area contributed by atoms with E-state index in [0.29, 0.717) is 6.54 Å². The maximum Gasteiger partial charge on any atom is 0.0649 e. The van der Waals surface area contributed by atoms with E-state index in [-0.39, 0.29) is 0 Å². The van der Waals surface area contributed by atoms with Crippen LogP contribution in [0, 0.1) is 0 Å². The lowest BCUT2D eigenvalue weighted by Gasteiger charge is -2.00. The van der Waals surface area contributed by atoms with Crippen molar-refractivity contribution in [2.75, 3.05) is 6.54 Å². The van der Waals surface area contributed by atoms with Crippen LogP contribution in [0.3, 0.4) is 0 Å². The summed E-state index contributed by atoms with van der Waals surface area (Å²) in [5, 5.41) is 1.92. The fourth-order valence-electron chi connectivity index (χ4n) is 1.50. The highest BCUT2D eigenvalue weighted by Gasteiger charge is 2.02. The van der Waals surface area contributed by atoms with Crippen molar-refractivity contribution in [1.82, 2.24) is 4.98 Å². The fourth-order valence-corrected chi connectivity index (χ4v) is 1.80. The molecule has 0 aliphatic heterocycles. The SMILES string of the molecule is NCCc1cc(Cl)c2[nH]ccc2c1. The summed E-state index contributed by atoms with van der Waals surface area (Å²) in [5.41, 5.74) is 7.68. The van der Waals surface area contributed by atoms with Crippen molar-refractivity contribution in [1.29, 1.82) is 0 Å². The lowest BCUT2D eigenvalue weighted by molar-refractivity contribution is 0.971. The zero-order valence-corrected chi connectivity index (χ0v) is 7.93. The summed E-state index contributed by atoms with van der Waals surface area (Å²) in [5.74, 6) is 0. The molecule has 0 fully saturated rings. The van der Waals surface area contributed by atoms with Crippen LogP contribution in [-0.2, 0) is 6.42 Å². The van der Waals surface area contributed by atoms with Gasteiger partial charge in [0.2, 0.25) is 0 Å². The monoisotopic (exact) mass is 194 g/mol. The van der Waals surface area contributed by atoms with Crippen molar-refractivity contribution in [3.8, 4) is 0 Å². The number of benzene rings is 1. The minimum Gasteiger partial charge on any atom is -0.360 e. The van der Waals surface area contributed by atoms with Gasteiger partial charge in [-0.3, -0.25) is 0 Å². The molecule has 68 valence electrons. The molecule has 0 bridgehead atoms. The van der Waals surface area contributed by atoms with Crippen molar-refractivity contribution in [3.05, 3.63) is 35.0 Å². The van der Waals surface area contributed by atoms with Gasteiger partial charge >= 0.3 is 0 Å². The van der Waals surface area contributed by atoms with E-state index in [1.807, 2.05) is 18.3 Å². The molecule has 0 aliphatic rings. The van der Waals surface area contributed by atoms with Gasteiger partial charge in [0.1, 0.15) is 0 Å². The van der Waals surface area contributed by atoms with E-state index in [0.717, 1.165) is 22.3 Å². The fraction of sp³-hybridized carbons (Fsp3) is 0.200. The van der Waals surface area contributed by atoms with Gasteiger partial charge in [-0.1, -0.05) is 11.6 Å². The van der Waals surface area contributed by atoms with Crippen molar-refractivity contribution in [2.24, 2.45) is 5.73 Å². The molecule has 0 radical (unpaired) electrons. The van der Waals surface area contributed by atoms with Gasteiger partial charge in [0.15, 0.2) is 0 Å². The summed E-state index contributed by atoms with van der Waals surface area (Å²) < 4.78 is 0. The molecule has 13 heavy (non-hydrogen) atoms. The molecular formula is C10H11ClN2. The van der Waals surface area contributed by atoms with Crippen LogP contribution in [0.2, 0.25) is 5.02 Å². The zero-order chi connectivity index (χ0) is 9.26. The van der Waals surface area contributed by atoms with Crippen LogP contribution in [-0.4, -0.2) is 11.5 Å². The molecule has 0 spiro atoms. The standard InChI is InChI=1S/C10H11ClN2/c11-9-6-7(1-3-12)5-8-2-4-13-10(8)9/h2,4-6,13H,1,3,12H2. The van der Waals surface area contributed by atoms with E-state index < -0.39 is 0 Å². The normalized spacial score (nSPS) is 10.9. The van der Waals surface area contributed by atoms with Crippen molar-refractivity contribution >= 4 is 22.5 Å². The average Bonchev–Trinajstić information content (AvgIpc) is 2.53. The number of H-pyrrole nitrogens is 1. The lowest BCUT2D eigenvalue weighted by atomic mass is 10.1. The average molecular weight is 195 g/mol. The molecule has 2 aromatic rings. The molecule has 3 heteroatoms. The van der Waals surface area contributed by atoms with Crippen molar-refractivity contribution in [2.45, 2.75) is 6.42 Å². The maximum atomic E-state index is 6.07. The summed E-state index contributed by atoms with van der Waals surface area (Å²) in [6.45, 7) is 0.659. The molecule has 0 saturated carbocycles. The Morgan fingerprint density at radius 3 is 3.00 bits per heavy atom. The van der Waals surface area contributed by atoms with Gasteiger partial charge < -0.3 is 10.7 Å². The van der Waals surface area contributed by atoms with Crippen LogP contribution in [0.4, 0.5) is 0 Å². The summed E-state index contributed by atoms with van der Waals surface area (Å²) in [6.07, 6.45) is 2.77. The number of hydrogen-bond acceptors (Lipinski definition) is 1. The Kier molecular flexibility index (Phi) is 2.25. The van der Waals surface area contributed by atoms with Gasteiger partial charge in [-0.25, -0.2) is 0 Å². The Hall–Kier alpha value is -0.990. The van der Waals surface area contributed by atoms with Crippen LogP contribution in [0.1, 0.15) is 5.56 Å². The van der Waals surface area contributed by atoms with Gasteiger partial charge in [0, 0.05) is 11.6 Å². The first-order valence-electron chi connectivity index (χ1n) is 4.27. The first kappa shape index (κ1) is 8.60. The highest BCUT2D eigenvalue weighted by Crippen LogP contribution is 2.24. The lowest BCUT2D eigenvalue weighted by Crippen LogP contribution is -2.02. The molecule has 2 rings (SSSR count). The predicted molar refractivity (Wildman–Crippen MR) is 56.1 cm³/mol. The van der Waals surface area contributed by atoms with Gasteiger partial charge in [0.25, 0.3) is 0 Å². The number of halogens is 1. The molecule has 1 aromatic heterocycles. The maximum absolute atomic E-state index is 6.07. The van der Waals surface area contributed by atoms with E-state index in [9.17, 15) is 0 Å². The molecule has 2 nitrogen and oxygen atoms in total. The number of fused-ring (bicyclic) bond motifs is 1. The molecule has 3 N–H and O–H groups in total. The predicted octanol–water partition coefficient (Wildman–Crippen LogP) is 2.32. The number of nitrogens with two attached hydrogens (primary N) is 1. The van der Waals surface area contributed by atoms with Gasteiger partial charge in [-0.2, -0.15) is 0 Å². The first-order valence-corrected chi connectivity index (χ1v) is 4.64. The molecule has 0 saturated heterocycles. The molecular weight excluding hydrogens is 184 g/mol. The Morgan fingerprint density at radius 2 is 2.23 bits per heavy atom. The second-order valence-corrected chi connectivity index (χ2v) is 3.47. The number of aromatic amines is 1. The van der Waals surface area contributed by atoms with Crippen LogP contribution in [0.15, 0.2) is 24.4 Å². The molecule has 0 atom stereocenters. The molecule has 1 heterocycles. The number of hydrogen-bond donors (Lipinski definition) is 2. The van der Waals surface area contributed by atoms with Gasteiger partial charge in [0.05, 0.1) is 10.5 Å². The number of nitrogens with one attached hydrogen (secondary N) is 1.